The normalized spacial score (nSPS) is 14.8. The number of esters is 4. The standard InChI is InChI=1S/C89H142O17P2/c1-5-9-13-17-21-25-29-33-37-39-41-43-47-49-53-57-61-65-69-73-86(91)99-79-84(105-88(93)75-71-67-63-59-55-51-45-35-31-27-23-19-15-11-7-3)81-103-107(95,96)101-77-83(90)78-102-108(97,98)104-82-85(106-89(94)76-72-68-64-60-56-52-46-36-32-28-24-20-16-12-8-4)80-100-87(92)74-70-66-62-58-54-50-48-44-42-40-38-34-30-26-22-18-14-10-6-2/h11-12,15-16,21-28,33-38,41-46,55-56,59-60,67-68,71-72,83-85,90H,5-10,13-14,17-20,29-32,39-40,47-54,57-58,61-66,69-70,73-82H2,1-4H3,(H,95,96)(H,97,98)/b15-11-,16-12-,25-21-,26-22-,27-23-,28-24-,37-33-,38-34-,43-41-,44-42-,45-35-,46-36-,59-55-,60-56-,71-67-,72-68-. The summed E-state index contributed by atoms with van der Waals surface area (Å²) in [7, 11) is -10.0. The smallest absolute Gasteiger partial charge is 0.462 e. The van der Waals surface area contributed by atoms with E-state index in [0.29, 0.717) is 25.7 Å². The molecule has 0 rings (SSSR count). The van der Waals surface area contributed by atoms with Crippen LogP contribution in [0.5, 0.6) is 0 Å². The lowest BCUT2D eigenvalue weighted by Crippen LogP contribution is -2.30. The lowest BCUT2D eigenvalue weighted by atomic mass is 10.1. The van der Waals surface area contributed by atoms with E-state index in [1.165, 1.54) is 38.5 Å². The number of unbranched alkanes of at least 4 members (excludes halogenated alkanes) is 18. The van der Waals surface area contributed by atoms with Crippen molar-refractivity contribution in [3.63, 3.8) is 0 Å². The van der Waals surface area contributed by atoms with Crippen molar-refractivity contribution in [2.24, 2.45) is 0 Å². The summed E-state index contributed by atoms with van der Waals surface area (Å²) in [5, 5.41) is 10.6. The van der Waals surface area contributed by atoms with Gasteiger partial charge in [-0.1, -0.05) is 299 Å². The lowest BCUT2D eigenvalue weighted by molar-refractivity contribution is -0.160. The number of aliphatic hydroxyl groups is 1. The van der Waals surface area contributed by atoms with Gasteiger partial charge in [0.15, 0.2) is 12.2 Å². The fraction of sp³-hybridized carbons (Fsp3) is 0.596. The Kier molecular flexibility index (Phi) is 74.5. The van der Waals surface area contributed by atoms with E-state index in [4.69, 9.17) is 37.0 Å². The fourth-order valence-corrected chi connectivity index (χ4v) is 11.6. The zero-order valence-corrected chi connectivity index (χ0v) is 68.5. The molecule has 610 valence electrons. The van der Waals surface area contributed by atoms with E-state index >= 15 is 0 Å². The monoisotopic (exact) mass is 1540 g/mol. The maximum Gasteiger partial charge on any atom is 0.472 e. The zero-order chi connectivity index (χ0) is 78.9. The molecule has 0 radical (unpaired) electrons. The van der Waals surface area contributed by atoms with Crippen molar-refractivity contribution >= 4 is 39.5 Å². The Hall–Kier alpha value is -6.10. The second-order valence-corrected chi connectivity index (χ2v) is 29.2. The second kappa shape index (κ2) is 79.0. The van der Waals surface area contributed by atoms with Crippen LogP contribution in [0.25, 0.3) is 0 Å². The molecule has 19 heteroatoms. The minimum atomic E-state index is -5.02. The summed E-state index contributed by atoms with van der Waals surface area (Å²) in [6, 6.07) is 0. The lowest BCUT2D eigenvalue weighted by Gasteiger charge is -2.21. The molecule has 0 amide bonds. The largest absolute Gasteiger partial charge is 0.472 e. The van der Waals surface area contributed by atoms with E-state index in [-0.39, 0.29) is 25.7 Å². The molecule has 0 aliphatic carbocycles. The molecule has 4 unspecified atom stereocenters. The average Bonchev–Trinajstić information content (AvgIpc) is 0.907. The molecule has 108 heavy (non-hydrogen) atoms. The number of phosphoric acid groups is 2. The Morgan fingerprint density at radius 1 is 0.278 bits per heavy atom. The highest BCUT2D eigenvalue weighted by atomic mass is 31.2. The highest BCUT2D eigenvalue weighted by Gasteiger charge is 2.30. The number of phosphoric ester groups is 2. The van der Waals surface area contributed by atoms with Gasteiger partial charge >= 0.3 is 39.5 Å². The van der Waals surface area contributed by atoms with Gasteiger partial charge in [-0.25, -0.2) is 9.13 Å². The van der Waals surface area contributed by atoms with E-state index in [9.17, 15) is 43.2 Å². The molecule has 0 spiro atoms. The summed E-state index contributed by atoms with van der Waals surface area (Å²) in [5.41, 5.74) is 0. The van der Waals surface area contributed by atoms with Crippen molar-refractivity contribution in [1.29, 1.82) is 0 Å². The third kappa shape index (κ3) is 78.0. The van der Waals surface area contributed by atoms with Gasteiger partial charge in [-0.3, -0.25) is 37.3 Å². The van der Waals surface area contributed by atoms with Crippen molar-refractivity contribution in [3.05, 3.63) is 194 Å². The molecule has 3 N–H and O–H groups in total. The van der Waals surface area contributed by atoms with Crippen LogP contribution in [0.4, 0.5) is 0 Å². The van der Waals surface area contributed by atoms with Crippen molar-refractivity contribution in [2.45, 2.75) is 303 Å². The summed E-state index contributed by atoms with van der Waals surface area (Å²) in [5.74, 6) is -2.52. The molecule has 0 bridgehead atoms. The van der Waals surface area contributed by atoms with Crippen LogP contribution in [0, 0.1) is 0 Å². The zero-order valence-electron chi connectivity index (χ0n) is 66.7. The molecule has 0 aromatic carbocycles. The number of ether oxygens (including phenoxy) is 4. The molecule has 0 saturated heterocycles. The second-order valence-electron chi connectivity index (χ2n) is 26.3. The van der Waals surface area contributed by atoms with Gasteiger partial charge in [0.2, 0.25) is 0 Å². The summed E-state index contributed by atoms with van der Waals surface area (Å²) >= 11 is 0. The van der Waals surface area contributed by atoms with Crippen molar-refractivity contribution in [3.8, 4) is 0 Å². The van der Waals surface area contributed by atoms with Crippen LogP contribution in [0.15, 0.2) is 194 Å². The van der Waals surface area contributed by atoms with Gasteiger partial charge in [0.25, 0.3) is 0 Å². The van der Waals surface area contributed by atoms with E-state index in [1.807, 2.05) is 24.3 Å². The number of allylic oxidation sites excluding steroid dienone is 30. The van der Waals surface area contributed by atoms with Crippen LogP contribution < -0.4 is 0 Å². The molecule has 0 aliphatic heterocycles. The SMILES string of the molecule is CC/C=C\C/C=C\C/C=C\C/C=C\C/C=C\CC(=O)OC(COC(=O)CCCCCCCC/C=C\C/C=C\C/C=C\CCCCC)COP(=O)(O)OCC(O)COP(=O)(O)OCC(COC(=O)CCCCCCCC/C=C\C/C=C\C/C=C\CCCCC)OC(=O)C/C=C\C/C=C\C/C=C\C/C=C\C/C=C\CC. The topological polar surface area (TPSA) is 237 Å². The summed E-state index contributed by atoms with van der Waals surface area (Å²) in [6.45, 7) is 4.31. The maximum absolute atomic E-state index is 13.1. The third-order valence-electron chi connectivity index (χ3n) is 16.1. The molecule has 4 atom stereocenters. The van der Waals surface area contributed by atoms with Gasteiger partial charge in [-0.05, 0) is 154 Å². The van der Waals surface area contributed by atoms with Crippen LogP contribution in [0.2, 0.25) is 0 Å². The van der Waals surface area contributed by atoms with E-state index < -0.39 is 97.5 Å². The predicted molar refractivity (Wildman–Crippen MR) is 445 cm³/mol. The number of carbonyl (C=O) groups is 4. The number of hydrogen-bond acceptors (Lipinski definition) is 15. The van der Waals surface area contributed by atoms with Gasteiger partial charge in [0.1, 0.15) is 19.3 Å². The first kappa shape index (κ1) is 102. The molecule has 0 heterocycles. The first-order chi connectivity index (χ1) is 52.7. The van der Waals surface area contributed by atoms with Crippen LogP contribution in [-0.4, -0.2) is 96.7 Å². The quantitative estimate of drug-likeness (QED) is 0.0169. The summed E-state index contributed by atoms with van der Waals surface area (Å²) in [6.07, 6.45) is 97.6. The molecule has 0 aromatic rings. The number of hydrogen-bond donors (Lipinski definition) is 3. The van der Waals surface area contributed by atoms with Gasteiger partial charge in [-0.15, -0.1) is 0 Å². The fourth-order valence-electron chi connectivity index (χ4n) is 9.97. The van der Waals surface area contributed by atoms with Gasteiger partial charge in [-0.2, -0.15) is 0 Å². The van der Waals surface area contributed by atoms with Crippen LogP contribution in [0.3, 0.4) is 0 Å². The van der Waals surface area contributed by atoms with Gasteiger partial charge < -0.3 is 33.8 Å². The van der Waals surface area contributed by atoms with Crippen LogP contribution >= 0.6 is 15.6 Å². The molecule has 0 fully saturated rings. The molecule has 0 saturated carbocycles. The predicted octanol–water partition coefficient (Wildman–Crippen LogP) is 24.1. The summed E-state index contributed by atoms with van der Waals surface area (Å²) in [4.78, 5) is 73.0. The van der Waals surface area contributed by atoms with Gasteiger partial charge in [0, 0.05) is 12.8 Å². The molecule has 17 nitrogen and oxygen atoms in total. The molecule has 0 aliphatic rings. The average molecular weight is 1550 g/mol. The Bertz CT molecular complexity index is 2630. The van der Waals surface area contributed by atoms with Crippen LogP contribution in [-0.2, 0) is 65.4 Å². The first-order valence-corrected chi connectivity index (χ1v) is 43.7. The van der Waals surface area contributed by atoms with E-state index in [0.717, 1.165) is 167 Å². The highest BCUT2D eigenvalue weighted by Crippen LogP contribution is 2.45. The minimum absolute atomic E-state index is 0.118. The van der Waals surface area contributed by atoms with Crippen LogP contribution in [0.1, 0.15) is 285 Å². The Morgan fingerprint density at radius 2 is 0.509 bits per heavy atom. The first-order valence-electron chi connectivity index (χ1n) is 40.7. The number of rotatable bonds is 74. The summed E-state index contributed by atoms with van der Waals surface area (Å²) < 4.78 is 68.4. The van der Waals surface area contributed by atoms with E-state index in [1.54, 1.807) is 24.3 Å². The Labute approximate surface area is 653 Å². The van der Waals surface area contributed by atoms with Crippen molar-refractivity contribution in [1.82, 2.24) is 0 Å². The third-order valence-corrected chi connectivity index (χ3v) is 18.0. The molecular weight excluding hydrogens is 1400 g/mol. The van der Waals surface area contributed by atoms with E-state index in [2.05, 4.69) is 174 Å². The minimum Gasteiger partial charge on any atom is -0.462 e. The maximum atomic E-state index is 13.1. The van der Waals surface area contributed by atoms with Crippen molar-refractivity contribution in [2.75, 3.05) is 39.6 Å². The molecular formula is C89H142O17P2. The van der Waals surface area contributed by atoms with Gasteiger partial charge in [0.05, 0.1) is 39.3 Å². The molecule has 0 aromatic heterocycles. The Morgan fingerprint density at radius 3 is 0.787 bits per heavy atom. The number of aliphatic hydroxyl groups excluding tert-OH is 1. The highest BCUT2D eigenvalue weighted by molar-refractivity contribution is 7.47. The Balaban J connectivity index is 5.52. The number of carbonyl (C=O) groups excluding carboxylic acids is 4. The van der Waals surface area contributed by atoms with Crippen molar-refractivity contribution < 1.29 is 80.2 Å².